The van der Waals surface area contributed by atoms with Gasteiger partial charge < -0.3 is 9.84 Å². The highest BCUT2D eigenvalue weighted by atomic mass is 16.5. The lowest BCUT2D eigenvalue weighted by Gasteiger charge is -2.19. The van der Waals surface area contributed by atoms with Gasteiger partial charge in [-0.3, -0.25) is 9.59 Å². The summed E-state index contributed by atoms with van der Waals surface area (Å²) in [7, 11) is 1.52. The monoisotopic (exact) mass is 246 g/mol. The first-order valence-electron chi connectivity index (χ1n) is 5.56. The Kier molecular flexibility index (Phi) is 2.73. The van der Waals surface area contributed by atoms with E-state index in [2.05, 4.69) is 0 Å². The van der Waals surface area contributed by atoms with Crippen LogP contribution in [-0.2, 0) is 4.79 Å². The van der Waals surface area contributed by atoms with Crippen molar-refractivity contribution < 1.29 is 19.4 Å². The molecule has 1 N–H and O–H groups in total. The van der Waals surface area contributed by atoms with Crippen LogP contribution in [0.15, 0.2) is 23.8 Å². The van der Waals surface area contributed by atoms with Gasteiger partial charge >= 0.3 is 5.97 Å². The van der Waals surface area contributed by atoms with Gasteiger partial charge in [-0.05, 0) is 37.6 Å². The molecule has 94 valence electrons. The molecule has 0 radical (unpaired) electrons. The fraction of sp³-hybridized carbons (Fsp3) is 0.286. The molecule has 0 bridgehead atoms. The van der Waals surface area contributed by atoms with Crippen LogP contribution in [0.25, 0.3) is 6.08 Å². The molecule has 0 amide bonds. The lowest BCUT2D eigenvalue weighted by atomic mass is 9.82. The number of benzene rings is 1. The molecule has 0 saturated carbocycles. The fourth-order valence-corrected chi connectivity index (χ4v) is 1.93. The molecule has 0 unspecified atom stereocenters. The summed E-state index contributed by atoms with van der Waals surface area (Å²) in [6.45, 7) is 3.06. The molecule has 1 aliphatic rings. The third-order valence-electron chi connectivity index (χ3n) is 3.26. The highest BCUT2D eigenvalue weighted by Gasteiger charge is 2.39. The van der Waals surface area contributed by atoms with Crippen LogP contribution in [0.4, 0.5) is 0 Å². The number of fused-ring (bicyclic) bond motifs is 1. The average molecular weight is 246 g/mol. The second-order valence-corrected chi connectivity index (χ2v) is 4.77. The number of carbonyl (C=O) groups is 2. The number of aliphatic carboxylic acids is 1. The maximum atomic E-state index is 12.2. The molecule has 0 fully saturated rings. The number of carboxylic acids is 1. The number of hydrogen-bond donors (Lipinski definition) is 1. The molecule has 0 aliphatic heterocycles. The fourth-order valence-electron chi connectivity index (χ4n) is 1.93. The summed E-state index contributed by atoms with van der Waals surface area (Å²) < 4.78 is 5.06. The van der Waals surface area contributed by atoms with E-state index in [9.17, 15) is 14.7 Å². The Balaban J connectivity index is 2.48. The largest absolute Gasteiger partial charge is 0.497 e. The third-order valence-corrected chi connectivity index (χ3v) is 3.26. The first-order chi connectivity index (χ1) is 8.37. The zero-order valence-electron chi connectivity index (χ0n) is 10.5. The van der Waals surface area contributed by atoms with Crippen LogP contribution in [0.1, 0.15) is 29.8 Å². The van der Waals surface area contributed by atoms with Crippen molar-refractivity contribution in [1.29, 1.82) is 0 Å². The second kappa shape index (κ2) is 3.98. The van der Waals surface area contributed by atoms with Crippen LogP contribution in [0.3, 0.4) is 0 Å². The number of rotatable bonds is 3. The molecule has 0 saturated heterocycles. The van der Waals surface area contributed by atoms with E-state index in [0.29, 0.717) is 16.9 Å². The van der Waals surface area contributed by atoms with Crippen molar-refractivity contribution in [3.63, 3.8) is 0 Å². The minimum absolute atomic E-state index is 0.240. The van der Waals surface area contributed by atoms with Gasteiger partial charge in [-0.1, -0.05) is 6.07 Å². The molecule has 4 nitrogen and oxygen atoms in total. The van der Waals surface area contributed by atoms with Gasteiger partial charge in [0.05, 0.1) is 12.5 Å². The highest BCUT2D eigenvalue weighted by molar-refractivity contribution is 6.20. The van der Waals surface area contributed by atoms with E-state index in [1.807, 2.05) is 0 Å². The summed E-state index contributed by atoms with van der Waals surface area (Å²) in [6.07, 6.45) is 1.64. The van der Waals surface area contributed by atoms with Crippen LogP contribution in [0.5, 0.6) is 5.75 Å². The number of Topliss-reactive ketones (excluding diaryl/α,β-unsaturated/α-hetero) is 1. The number of ketones is 1. The van der Waals surface area contributed by atoms with Gasteiger partial charge in [-0.15, -0.1) is 0 Å². The first kappa shape index (κ1) is 12.4. The van der Waals surface area contributed by atoms with Crippen molar-refractivity contribution in [2.75, 3.05) is 7.11 Å². The zero-order valence-corrected chi connectivity index (χ0v) is 10.5. The zero-order chi connectivity index (χ0) is 13.5. The van der Waals surface area contributed by atoms with E-state index in [1.54, 1.807) is 24.3 Å². The van der Waals surface area contributed by atoms with Crippen LogP contribution >= 0.6 is 0 Å². The number of carbonyl (C=O) groups excluding carboxylic acids is 1. The van der Waals surface area contributed by atoms with Gasteiger partial charge in [0.25, 0.3) is 0 Å². The Morgan fingerprint density at radius 2 is 2.00 bits per heavy atom. The minimum Gasteiger partial charge on any atom is -0.497 e. The van der Waals surface area contributed by atoms with Crippen molar-refractivity contribution in [3.8, 4) is 5.75 Å². The van der Waals surface area contributed by atoms with Crippen LogP contribution < -0.4 is 4.74 Å². The van der Waals surface area contributed by atoms with Gasteiger partial charge in [0.1, 0.15) is 5.75 Å². The lowest BCUT2D eigenvalue weighted by molar-refractivity contribution is -0.144. The van der Waals surface area contributed by atoms with E-state index in [0.717, 1.165) is 5.56 Å². The van der Waals surface area contributed by atoms with E-state index >= 15 is 0 Å². The summed E-state index contributed by atoms with van der Waals surface area (Å²) in [5, 5.41) is 9.18. The second-order valence-electron chi connectivity index (χ2n) is 4.77. The predicted octanol–water partition coefficient (Wildman–Crippen LogP) is 2.39. The van der Waals surface area contributed by atoms with Crippen molar-refractivity contribution in [1.82, 2.24) is 0 Å². The predicted molar refractivity (Wildman–Crippen MR) is 66.7 cm³/mol. The Morgan fingerprint density at radius 3 is 2.56 bits per heavy atom. The molecular formula is C14H14O4. The van der Waals surface area contributed by atoms with Crippen molar-refractivity contribution in [3.05, 3.63) is 34.9 Å². The third kappa shape index (κ3) is 1.70. The van der Waals surface area contributed by atoms with E-state index < -0.39 is 11.4 Å². The maximum absolute atomic E-state index is 12.2. The average Bonchev–Trinajstić information content (AvgIpc) is 2.66. The summed E-state index contributed by atoms with van der Waals surface area (Å²) in [4.78, 5) is 23.4. The van der Waals surface area contributed by atoms with E-state index in [-0.39, 0.29) is 5.78 Å². The summed E-state index contributed by atoms with van der Waals surface area (Å²) in [6, 6.07) is 5.15. The minimum atomic E-state index is -1.19. The molecule has 0 atom stereocenters. The molecular weight excluding hydrogens is 232 g/mol. The SMILES string of the molecule is COc1ccc2c(c1)C(=O)C(C(C)(C)C(=O)O)=C2. The Hall–Kier alpha value is -2.10. The summed E-state index contributed by atoms with van der Waals surface area (Å²) in [5.41, 5.74) is 0.352. The van der Waals surface area contributed by atoms with Crippen molar-refractivity contribution >= 4 is 17.8 Å². The molecule has 0 spiro atoms. The molecule has 0 heterocycles. The molecule has 1 aromatic carbocycles. The van der Waals surface area contributed by atoms with Gasteiger partial charge in [0, 0.05) is 11.1 Å². The van der Waals surface area contributed by atoms with E-state index in [4.69, 9.17) is 4.74 Å². The van der Waals surface area contributed by atoms with E-state index in [1.165, 1.54) is 21.0 Å². The Labute approximate surface area is 105 Å². The van der Waals surface area contributed by atoms with Gasteiger partial charge in [0.2, 0.25) is 0 Å². The van der Waals surface area contributed by atoms with Crippen LogP contribution in [0, 0.1) is 5.41 Å². The highest BCUT2D eigenvalue weighted by Crippen LogP contribution is 2.38. The molecule has 1 aliphatic carbocycles. The number of methoxy groups -OCH3 is 1. The van der Waals surface area contributed by atoms with Crippen molar-refractivity contribution in [2.45, 2.75) is 13.8 Å². The standard InChI is InChI=1S/C14H14O4/c1-14(2,13(16)17)11-6-8-4-5-9(18-3)7-10(8)12(11)15/h4-7H,1-3H3,(H,16,17). The first-order valence-corrected chi connectivity index (χ1v) is 5.56. The van der Waals surface area contributed by atoms with Gasteiger partial charge in [-0.2, -0.15) is 0 Å². The smallest absolute Gasteiger partial charge is 0.313 e. The Morgan fingerprint density at radius 1 is 1.33 bits per heavy atom. The molecule has 2 rings (SSSR count). The number of ether oxygens (including phenoxy) is 1. The molecule has 1 aromatic rings. The topological polar surface area (TPSA) is 63.6 Å². The number of carboxylic acid groups (broad SMARTS) is 1. The van der Waals surface area contributed by atoms with Gasteiger partial charge in [0.15, 0.2) is 5.78 Å². The Bertz CT molecular complexity index is 567. The quantitative estimate of drug-likeness (QED) is 0.889. The van der Waals surface area contributed by atoms with Crippen LogP contribution in [0.2, 0.25) is 0 Å². The van der Waals surface area contributed by atoms with Crippen molar-refractivity contribution in [2.24, 2.45) is 5.41 Å². The normalized spacial score (nSPS) is 14.2. The molecule has 4 heteroatoms. The molecule has 0 aromatic heterocycles. The maximum Gasteiger partial charge on any atom is 0.313 e. The summed E-state index contributed by atoms with van der Waals surface area (Å²) in [5.74, 6) is -0.664. The molecule has 18 heavy (non-hydrogen) atoms. The number of hydrogen-bond acceptors (Lipinski definition) is 3. The van der Waals surface area contributed by atoms with Crippen LogP contribution in [-0.4, -0.2) is 24.0 Å². The van der Waals surface area contributed by atoms with Gasteiger partial charge in [-0.25, -0.2) is 0 Å². The lowest BCUT2D eigenvalue weighted by Crippen LogP contribution is -2.28. The summed E-state index contributed by atoms with van der Waals surface area (Å²) >= 11 is 0.